The quantitative estimate of drug-likeness (QED) is 0.869. The predicted octanol–water partition coefficient (Wildman–Crippen LogP) is 2.78. The fourth-order valence-electron chi connectivity index (χ4n) is 2.91. The lowest BCUT2D eigenvalue weighted by Gasteiger charge is -2.46. The molecule has 1 fully saturated rings. The zero-order valence-electron chi connectivity index (χ0n) is 12.7. The van der Waals surface area contributed by atoms with Gasteiger partial charge in [-0.1, -0.05) is 13.0 Å². The molecule has 2 atom stereocenters. The van der Waals surface area contributed by atoms with Crippen LogP contribution in [0.2, 0.25) is 0 Å². The molecule has 4 heteroatoms. The molecule has 1 aromatic carbocycles. The molecule has 2 unspecified atom stereocenters. The maximum absolute atomic E-state index is 6.08. The summed E-state index contributed by atoms with van der Waals surface area (Å²) >= 11 is 0. The first kappa shape index (κ1) is 15.1. The summed E-state index contributed by atoms with van der Waals surface area (Å²) in [6.07, 6.45) is 2.84. The summed E-state index contributed by atoms with van der Waals surface area (Å²) in [4.78, 5) is 0. The third-order valence-corrected chi connectivity index (χ3v) is 4.36. The second-order valence-electron chi connectivity index (χ2n) is 5.92. The van der Waals surface area contributed by atoms with Crippen molar-refractivity contribution >= 4 is 5.69 Å². The normalized spacial score (nSPS) is 30.0. The first-order valence-electron chi connectivity index (χ1n) is 7.31. The monoisotopic (exact) mass is 278 g/mol. The van der Waals surface area contributed by atoms with Gasteiger partial charge < -0.3 is 20.5 Å². The van der Waals surface area contributed by atoms with Gasteiger partial charge in [0.15, 0.2) is 0 Å². The van der Waals surface area contributed by atoms with E-state index in [1.165, 1.54) is 0 Å². The first-order valence-corrected chi connectivity index (χ1v) is 7.31. The lowest BCUT2D eigenvalue weighted by molar-refractivity contribution is -0.0882. The highest BCUT2D eigenvalue weighted by Gasteiger charge is 2.41. The zero-order valence-corrected chi connectivity index (χ0v) is 12.7. The van der Waals surface area contributed by atoms with Gasteiger partial charge in [-0.25, -0.2) is 0 Å². The van der Waals surface area contributed by atoms with E-state index in [4.69, 9.17) is 15.2 Å². The molecule has 0 spiro atoms. The standard InChI is InChI=1S/C16H26N2O2/c1-4-15(2)11-16(12-17,8-9-20-15)18-13-6-5-7-14(10-13)19-3/h5-7,10,18H,4,8-9,11-12,17H2,1-3H3. The molecule has 0 aliphatic carbocycles. The Morgan fingerprint density at radius 1 is 1.45 bits per heavy atom. The summed E-state index contributed by atoms with van der Waals surface area (Å²) in [5.74, 6) is 0.854. The Kier molecular flexibility index (Phi) is 4.55. The second-order valence-corrected chi connectivity index (χ2v) is 5.92. The van der Waals surface area contributed by atoms with Gasteiger partial charge in [0, 0.05) is 31.3 Å². The summed E-state index contributed by atoms with van der Waals surface area (Å²) < 4.78 is 11.2. The molecule has 0 bridgehead atoms. The van der Waals surface area contributed by atoms with Gasteiger partial charge in [0.25, 0.3) is 0 Å². The van der Waals surface area contributed by atoms with Crippen molar-refractivity contribution in [1.82, 2.24) is 0 Å². The maximum Gasteiger partial charge on any atom is 0.120 e. The minimum absolute atomic E-state index is 0.0938. The highest BCUT2D eigenvalue weighted by Crippen LogP contribution is 2.36. The lowest BCUT2D eigenvalue weighted by atomic mass is 9.79. The van der Waals surface area contributed by atoms with Gasteiger partial charge in [-0.3, -0.25) is 0 Å². The molecule has 1 heterocycles. The van der Waals surface area contributed by atoms with Crippen LogP contribution < -0.4 is 15.8 Å². The van der Waals surface area contributed by atoms with Crippen LogP contribution in [0.15, 0.2) is 24.3 Å². The lowest BCUT2D eigenvalue weighted by Crippen LogP contribution is -2.55. The van der Waals surface area contributed by atoms with Crippen molar-refractivity contribution in [1.29, 1.82) is 0 Å². The fourth-order valence-corrected chi connectivity index (χ4v) is 2.91. The van der Waals surface area contributed by atoms with Crippen LogP contribution in [0.1, 0.15) is 33.1 Å². The number of rotatable bonds is 5. The average Bonchev–Trinajstić information content (AvgIpc) is 2.47. The van der Waals surface area contributed by atoms with Crippen molar-refractivity contribution in [2.75, 3.05) is 25.6 Å². The van der Waals surface area contributed by atoms with E-state index in [-0.39, 0.29) is 11.1 Å². The van der Waals surface area contributed by atoms with Crippen molar-refractivity contribution in [2.24, 2.45) is 5.73 Å². The molecule has 2 rings (SSSR count). The molecule has 1 saturated heterocycles. The molecule has 0 aromatic heterocycles. The van der Waals surface area contributed by atoms with Gasteiger partial charge >= 0.3 is 0 Å². The Morgan fingerprint density at radius 2 is 2.25 bits per heavy atom. The van der Waals surface area contributed by atoms with Gasteiger partial charge in [-0.05, 0) is 31.9 Å². The summed E-state index contributed by atoms with van der Waals surface area (Å²) in [5.41, 5.74) is 6.94. The highest BCUT2D eigenvalue weighted by atomic mass is 16.5. The van der Waals surface area contributed by atoms with E-state index in [0.717, 1.165) is 37.3 Å². The fraction of sp³-hybridized carbons (Fsp3) is 0.625. The minimum Gasteiger partial charge on any atom is -0.497 e. The van der Waals surface area contributed by atoms with Crippen LogP contribution >= 0.6 is 0 Å². The van der Waals surface area contributed by atoms with Gasteiger partial charge in [-0.15, -0.1) is 0 Å². The Bertz CT molecular complexity index is 452. The van der Waals surface area contributed by atoms with Crippen LogP contribution in [-0.2, 0) is 4.74 Å². The highest BCUT2D eigenvalue weighted by molar-refractivity contribution is 5.50. The van der Waals surface area contributed by atoms with Crippen LogP contribution in [-0.4, -0.2) is 31.4 Å². The van der Waals surface area contributed by atoms with Crippen LogP contribution in [0, 0.1) is 0 Å². The predicted molar refractivity (Wildman–Crippen MR) is 82.3 cm³/mol. The summed E-state index contributed by atoms with van der Waals surface area (Å²) in [7, 11) is 1.68. The van der Waals surface area contributed by atoms with Gasteiger partial charge in [0.05, 0.1) is 18.2 Å². The van der Waals surface area contributed by atoms with E-state index in [2.05, 4.69) is 25.2 Å². The average molecular weight is 278 g/mol. The van der Waals surface area contributed by atoms with Gasteiger partial charge in [-0.2, -0.15) is 0 Å². The Morgan fingerprint density at radius 3 is 2.90 bits per heavy atom. The SMILES string of the molecule is CCC1(C)CC(CN)(Nc2cccc(OC)c2)CCO1. The second kappa shape index (κ2) is 6.02. The first-order chi connectivity index (χ1) is 9.55. The Labute approximate surface area is 121 Å². The largest absolute Gasteiger partial charge is 0.497 e. The Balaban J connectivity index is 2.18. The van der Waals surface area contributed by atoms with Crippen molar-refractivity contribution < 1.29 is 9.47 Å². The van der Waals surface area contributed by atoms with Crippen molar-refractivity contribution in [3.63, 3.8) is 0 Å². The van der Waals surface area contributed by atoms with E-state index >= 15 is 0 Å². The molecule has 1 aliphatic heterocycles. The maximum atomic E-state index is 6.08. The number of ether oxygens (including phenoxy) is 2. The number of methoxy groups -OCH3 is 1. The molecular formula is C16H26N2O2. The molecule has 1 aromatic rings. The van der Waals surface area contributed by atoms with Crippen LogP contribution in [0.3, 0.4) is 0 Å². The van der Waals surface area contributed by atoms with Crippen LogP contribution in [0.4, 0.5) is 5.69 Å². The summed E-state index contributed by atoms with van der Waals surface area (Å²) in [6, 6.07) is 8.00. The third kappa shape index (κ3) is 3.25. The van der Waals surface area contributed by atoms with Crippen molar-refractivity contribution in [3.8, 4) is 5.75 Å². The molecule has 0 amide bonds. The molecule has 0 radical (unpaired) electrons. The molecule has 0 saturated carbocycles. The molecular weight excluding hydrogens is 252 g/mol. The smallest absolute Gasteiger partial charge is 0.120 e. The van der Waals surface area contributed by atoms with Crippen molar-refractivity contribution in [3.05, 3.63) is 24.3 Å². The van der Waals surface area contributed by atoms with E-state index in [1.807, 2.05) is 18.2 Å². The van der Waals surface area contributed by atoms with Crippen LogP contribution in [0.25, 0.3) is 0 Å². The number of nitrogens with one attached hydrogen (secondary N) is 1. The number of hydrogen-bond donors (Lipinski definition) is 2. The third-order valence-electron chi connectivity index (χ3n) is 4.36. The van der Waals surface area contributed by atoms with E-state index < -0.39 is 0 Å². The number of benzene rings is 1. The van der Waals surface area contributed by atoms with Crippen LogP contribution in [0.5, 0.6) is 5.75 Å². The number of hydrogen-bond acceptors (Lipinski definition) is 4. The molecule has 20 heavy (non-hydrogen) atoms. The molecule has 3 N–H and O–H groups in total. The Hall–Kier alpha value is -1.26. The number of nitrogens with two attached hydrogens (primary N) is 1. The van der Waals surface area contributed by atoms with Crippen molar-refractivity contribution in [2.45, 2.75) is 44.2 Å². The molecule has 1 aliphatic rings. The summed E-state index contributed by atoms with van der Waals surface area (Å²) in [6.45, 7) is 5.68. The number of anilines is 1. The zero-order chi connectivity index (χ0) is 14.6. The van der Waals surface area contributed by atoms with E-state index in [0.29, 0.717) is 6.54 Å². The molecule has 112 valence electrons. The molecule has 4 nitrogen and oxygen atoms in total. The van der Waals surface area contributed by atoms with E-state index in [9.17, 15) is 0 Å². The van der Waals surface area contributed by atoms with Gasteiger partial charge in [0.2, 0.25) is 0 Å². The van der Waals surface area contributed by atoms with Gasteiger partial charge in [0.1, 0.15) is 5.75 Å². The minimum atomic E-state index is -0.102. The van der Waals surface area contributed by atoms with E-state index in [1.54, 1.807) is 7.11 Å². The topological polar surface area (TPSA) is 56.5 Å². The summed E-state index contributed by atoms with van der Waals surface area (Å²) in [5, 5.41) is 3.62.